The van der Waals surface area contributed by atoms with Gasteiger partial charge in [0.25, 0.3) is 18.2 Å². The Morgan fingerprint density at radius 3 is 2.64 bits per heavy atom. The number of halogens is 2. The van der Waals surface area contributed by atoms with Gasteiger partial charge in [0, 0.05) is 26.2 Å². The number of nitriles is 1. The van der Waals surface area contributed by atoms with Crippen LogP contribution in [0.3, 0.4) is 0 Å². The van der Waals surface area contributed by atoms with Crippen LogP contribution in [0, 0.1) is 22.7 Å². The first-order valence-corrected chi connectivity index (χ1v) is 15.0. The minimum atomic E-state index is -2.65. The summed E-state index contributed by atoms with van der Waals surface area (Å²) in [4.78, 5) is 32.8. The summed E-state index contributed by atoms with van der Waals surface area (Å²) in [5.74, 6) is -0.494. The largest absolute Gasteiger partial charge is 0.333 e. The first-order valence-electron chi connectivity index (χ1n) is 14.2. The Morgan fingerprint density at radius 2 is 2.00 bits per heavy atom. The molecule has 1 aromatic carbocycles. The zero-order valence-electron chi connectivity index (χ0n) is 24.7. The van der Waals surface area contributed by atoms with Crippen molar-refractivity contribution < 1.29 is 18.4 Å². The second kappa shape index (κ2) is 13.1. The molecule has 224 valence electrons. The quantitative estimate of drug-likeness (QED) is 0.205. The fourth-order valence-corrected chi connectivity index (χ4v) is 5.80. The molecule has 1 aliphatic heterocycles. The van der Waals surface area contributed by atoms with E-state index in [0.29, 0.717) is 25.2 Å². The van der Waals surface area contributed by atoms with E-state index in [0.717, 1.165) is 41.8 Å². The normalized spacial score (nSPS) is 16.0. The number of anilines is 1. The lowest BCUT2D eigenvalue weighted by Crippen LogP contribution is -2.39. The van der Waals surface area contributed by atoms with E-state index >= 15 is 0 Å². The Kier molecular flexibility index (Phi) is 9.79. The molecule has 1 aliphatic rings. The fourth-order valence-electron chi connectivity index (χ4n) is 5.04. The van der Waals surface area contributed by atoms with Gasteiger partial charge in [-0.1, -0.05) is 46.8 Å². The number of likely N-dealkylation sites (tertiary alicyclic amines) is 1. The maximum atomic E-state index is 13.3. The highest BCUT2D eigenvalue weighted by Gasteiger charge is 2.32. The molecule has 0 spiro atoms. The molecule has 0 aliphatic carbocycles. The molecule has 4 rings (SSSR count). The lowest BCUT2D eigenvalue weighted by Gasteiger charge is -2.26. The van der Waals surface area contributed by atoms with Crippen LogP contribution in [0.4, 0.5) is 14.7 Å². The molecular weight excluding hydrogens is 558 g/mol. The summed E-state index contributed by atoms with van der Waals surface area (Å²) < 4.78 is 28.2. The van der Waals surface area contributed by atoms with Crippen LogP contribution >= 0.6 is 11.3 Å². The maximum absolute atomic E-state index is 13.3. The van der Waals surface area contributed by atoms with Crippen LogP contribution in [0.15, 0.2) is 42.0 Å². The Bertz CT molecular complexity index is 1510. The number of carbonyl (C=O) groups is 2. The number of aromatic nitrogens is 2. The smallest absolute Gasteiger partial charge is 0.272 e. The minimum Gasteiger partial charge on any atom is -0.333 e. The Balaban J connectivity index is 1.67. The van der Waals surface area contributed by atoms with E-state index in [1.165, 1.54) is 12.1 Å². The van der Waals surface area contributed by atoms with Crippen LogP contribution in [0.2, 0.25) is 0 Å². The van der Waals surface area contributed by atoms with Crippen LogP contribution in [-0.2, 0) is 17.9 Å². The average molecular weight is 597 g/mol. The van der Waals surface area contributed by atoms with Gasteiger partial charge in [-0.15, -0.1) is 11.3 Å². The molecule has 0 unspecified atom stereocenters. The minimum absolute atomic E-state index is 0.0530. The molecule has 2 aromatic heterocycles. The van der Waals surface area contributed by atoms with Gasteiger partial charge in [-0.25, -0.2) is 13.8 Å². The number of alkyl halides is 2. The number of hydrogen-bond acceptors (Lipinski definition) is 6. The Hall–Kier alpha value is -3.62. The third-order valence-corrected chi connectivity index (χ3v) is 8.06. The summed E-state index contributed by atoms with van der Waals surface area (Å²) >= 11 is 0.745. The molecule has 11 heteroatoms. The van der Waals surface area contributed by atoms with E-state index in [2.05, 4.69) is 42.5 Å². The van der Waals surface area contributed by atoms with Crippen molar-refractivity contribution >= 4 is 40.1 Å². The Labute approximate surface area is 249 Å². The van der Waals surface area contributed by atoms with Crippen molar-refractivity contribution in [2.75, 3.05) is 18.4 Å². The van der Waals surface area contributed by atoms with Crippen LogP contribution in [-0.4, -0.2) is 45.4 Å². The van der Waals surface area contributed by atoms with Gasteiger partial charge < -0.3 is 14.8 Å². The zero-order chi connectivity index (χ0) is 30.6. The molecule has 2 amide bonds. The van der Waals surface area contributed by atoms with Crippen molar-refractivity contribution in [2.24, 2.45) is 11.3 Å². The fraction of sp³-hybridized carbons (Fsp3) is 0.484. The third-order valence-electron chi connectivity index (χ3n) is 6.97. The van der Waals surface area contributed by atoms with Crippen molar-refractivity contribution in [3.63, 3.8) is 0 Å². The molecule has 3 aromatic rings. The standard InChI is InChI=1S/C31H38F2N6O2S/c1-19(2)13-21(15-34)29(41)38-12-6-7-22(38)17-39-24-14-20(16-35-18-31(3,4)5)8-9-23(24)36-30(39)37-28(40)26-11-10-25(42-26)27(32)33/h8-11,13-14,19,22,27,35H,6-7,12,16-18H2,1-5H3,(H,36,37,40)/b21-13+/t22-/m1/s1. The second-order valence-electron chi connectivity index (χ2n) is 12.2. The van der Waals surface area contributed by atoms with E-state index in [1.807, 2.05) is 36.6 Å². The number of imidazole rings is 1. The van der Waals surface area contributed by atoms with E-state index in [1.54, 1.807) is 11.0 Å². The SMILES string of the molecule is CC(C)/C=C(\C#N)C(=O)N1CCC[C@@H]1Cn1c(NC(=O)c2ccc(C(F)F)s2)nc2ccc(CNCC(C)(C)C)cc21. The highest BCUT2D eigenvalue weighted by molar-refractivity contribution is 7.14. The van der Waals surface area contributed by atoms with Gasteiger partial charge >= 0.3 is 0 Å². The first-order chi connectivity index (χ1) is 19.9. The molecule has 1 atom stereocenters. The van der Waals surface area contributed by atoms with Gasteiger partial charge in [0.05, 0.1) is 26.8 Å². The van der Waals surface area contributed by atoms with Gasteiger partial charge in [-0.3, -0.25) is 14.9 Å². The number of carbonyl (C=O) groups excluding carboxylic acids is 2. The number of allylic oxidation sites excluding steroid dienone is 1. The number of rotatable bonds is 10. The van der Waals surface area contributed by atoms with Gasteiger partial charge in [0.1, 0.15) is 11.6 Å². The first kappa shape index (κ1) is 31.3. The summed E-state index contributed by atoms with van der Waals surface area (Å²) in [6.45, 7) is 12.7. The van der Waals surface area contributed by atoms with Crippen molar-refractivity contribution in [3.8, 4) is 6.07 Å². The summed E-state index contributed by atoms with van der Waals surface area (Å²) in [5, 5.41) is 16.0. The maximum Gasteiger partial charge on any atom is 0.272 e. The summed E-state index contributed by atoms with van der Waals surface area (Å²) in [6.07, 6.45) is 0.551. The van der Waals surface area contributed by atoms with Crippen LogP contribution in [0.5, 0.6) is 0 Å². The molecule has 42 heavy (non-hydrogen) atoms. The molecule has 0 bridgehead atoms. The summed E-state index contributed by atoms with van der Waals surface area (Å²) in [5.41, 5.74) is 2.74. The zero-order valence-corrected chi connectivity index (χ0v) is 25.5. The number of fused-ring (bicyclic) bond motifs is 1. The molecule has 2 N–H and O–H groups in total. The summed E-state index contributed by atoms with van der Waals surface area (Å²) in [7, 11) is 0. The number of amides is 2. The average Bonchev–Trinajstić information content (AvgIpc) is 3.66. The summed E-state index contributed by atoms with van der Waals surface area (Å²) in [6, 6.07) is 10.4. The van der Waals surface area contributed by atoms with Gasteiger partial charge in [-0.2, -0.15) is 5.26 Å². The highest BCUT2D eigenvalue weighted by atomic mass is 32.1. The third kappa shape index (κ3) is 7.61. The number of hydrogen-bond donors (Lipinski definition) is 2. The van der Waals surface area contributed by atoms with E-state index in [4.69, 9.17) is 0 Å². The van der Waals surface area contributed by atoms with Crippen molar-refractivity contribution in [1.82, 2.24) is 19.8 Å². The van der Waals surface area contributed by atoms with Crippen molar-refractivity contribution in [2.45, 2.75) is 73.0 Å². The van der Waals surface area contributed by atoms with Crippen LogP contribution in [0.1, 0.15) is 74.0 Å². The van der Waals surface area contributed by atoms with Crippen molar-refractivity contribution in [3.05, 3.63) is 57.3 Å². The topological polar surface area (TPSA) is 103 Å². The van der Waals surface area contributed by atoms with Crippen molar-refractivity contribution in [1.29, 1.82) is 5.26 Å². The number of nitrogens with zero attached hydrogens (tertiary/aromatic N) is 4. The van der Waals surface area contributed by atoms with Crippen LogP contribution < -0.4 is 10.6 Å². The predicted molar refractivity (Wildman–Crippen MR) is 161 cm³/mol. The van der Waals surface area contributed by atoms with Gasteiger partial charge in [0.15, 0.2) is 0 Å². The Morgan fingerprint density at radius 1 is 1.24 bits per heavy atom. The van der Waals surface area contributed by atoms with Gasteiger partial charge in [-0.05, 0) is 54.0 Å². The lowest BCUT2D eigenvalue weighted by molar-refractivity contribution is -0.127. The number of benzene rings is 1. The molecular formula is C31H38F2N6O2S. The highest BCUT2D eigenvalue weighted by Crippen LogP contribution is 2.30. The molecule has 3 heterocycles. The second-order valence-corrected chi connectivity index (χ2v) is 13.3. The van der Waals surface area contributed by atoms with E-state index < -0.39 is 12.3 Å². The van der Waals surface area contributed by atoms with E-state index in [9.17, 15) is 23.6 Å². The van der Waals surface area contributed by atoms with E-state index in [-0.39, 0.29) is 44.6 Å². The number of nitrogens with one attached hydrogen (secondary N) is 2. The molecule has 0 radical (unpaired) electrons. The molecule has 8 nitrogen and oxygen atoms in total. The van der Waals surface area contributed by atoms with Gasteiger partial charge in [0.2, 0.25) is 5.95 Å². The molecule has 1 fully saturated rings. The lowest BCUT2D eigenvalue weighted by atomic mass is 9.97. The molecule has 0 saturated carbocycles. The number of thiophene rings is 1. The van der Waals surface area contributed by atoms with Crippen LogP contribution in [0.25, 0.3) is 11.0 Å². The predicted octanol–water partition coefficient (Wildman–Crippen LogP) is 6.52. The monoisotopic (exact) mass is 596 g/mol. The molecule has 1 saturated heterocycles.